The first kappa shape index (κ1) is 21.4. The van der Waals surface area contributed by atoms with Gasteiger partial charge in [-0.05, 0) is 36.1 Å². The second-order valence-electron chi connectivity index (χ2n) is 8.39. The van der Waals surface area contributed by atoms with E-state index in [2.05, 4.69) is 20.0 Å². The third-order valence-electron chi connectivity index (χ3n) is 4.60. The van der Waals surface area contributed by atoms with Crippen LogP contribution in [0.15, 0.2) is 41.3 Å². The summed E-state index contributed by atoms with van der Waals surface area (Å²) in [5.74, 6) is -1.07. The molecule has 7 nitrogen and oxygen atoms in total. The fourth-order valence-corrected chi connectivity index (χ4v) is 3.12. The van der Waals surface area contributed by atoms with Crippen molar-refractivity contribution in [3.8, 4) is 0 Å². The molecule has 1 unspecified atom stereocenters. The lowest BCUT2D eigenvalue weighted by molar-refractivity contribution is 0.0595. The van der Waals surface area contributed by atoms with Gasteiger partial charge in [-0.3, -0.25) is 9.36 Å². The average molecular weight is 412 g/mol. The summed E-state index contributed by atoms with van der Waals surface area (Å²) in [5, 5.41) is 3.88. The molecule has 0 aliphatic carbocycles. The van der Waals surface area contributed by atoms with Gasteiger partial charge in [-0.2, -0.15) is 4.98 Å². The SMILES string of the molecule is COC(=O)c1ccc(C(C)Nc2ncc3ccc(=O)n(CC(C)(C)C)c3n2)cc1F. The molecule has 1 aromatic carbocycles. The zero-order valence-corrected chi connectivity index (χ0v) is 17.7. The summed E-state index contributed by atoms with van der Waals surface area (Å²) in [6.45, 7) is 8.48. The van der Waals surface area contributed by atoms with Gasteiger partial charge in [-0.15, -0.1) is 0 Å². The number of hydrogen-bond acceptors (Lipinski definition) is 6. The largest absolute Gasteiger partial charge is 0.465 e. The fourth-order valence-electron chi connectivity index (χ4n) is 3.12. The van der Waals surface area contributed by atoms with Crippen LogP contribution in [0, 0.1) is 11.2 Å². The van der Waals surface area contributed by atoms with E-state index in [0.717, 1.165) is 5.39 Å². The summed E-state index contributed by atoms with van der Waals surface area (Å²) in [7, 11) is 1.20. The maximum absolute atomic E-state index is 14.3. The smallest absolute Gasteiger partial charge is 0.340 e. The van der Waals surface area contributed by atoms with Crippen molar-refractivity contribution in [1.29, 1.82) is 0 Å². The van der Waals surface area contributed by atoms with Gasteiger partial charge in [0.15, 0.2) is 0 Å². The topological polar surface area (TPSA) is 86.1 Å². The van der Waals surface area contributed by atoms with Crippen molar-refractivity contribution in [3.63, 3.8) is 0 Å². The molecule has 0 fully saturated rings. The van der Waals surface area contributed by atoms with E-state index in [0.29, 0.717) is 23.7 Å². The number of fused-ring (bicyclic) bond motifs is 1. The summed E-state index contributed by atoms with van der Waals surface area (Å²) >= 11 is 0. The van der Waals surface area contributed by atoms with Gasteiger partial charge in [0.2, 0.25) is 5.95 Å². The Morgan fingerprint density at radius 1 is 1.27 bits per heavy atom. The number of nitrogens with zero attached hydrogens (tertiary/aromatic N) is 3. The molecule has 0 bridgehead atoms. The standard InChI is InChI=1S/C22H25FN4O3/c1-13(14-6-8-16(17(23)10-14)20(29)30-5)25-21-24-11-15-7-9-18(28)27(19(15)26-21)12-22(2,3)4/h6-11,13H,12H2,1-5H3,(H,24,25,26). The molecule has 0 aliphatic rings. The summed E-state index contributed by atoms with van der Waals surface area (Å²) < 4.78 is 20.5. The number of pyridine rings is 1. The van der Waals surface area contributed by atoms with Gasteiger partial charge in [-0.25, -0.2) is 14.2 Å². The third-order valence-corrected chi connectivity index (χ3v) is 4.60. The summed E-state index contributed by atoms with van der Waals surface area (Å²) in [6, 6.07) is 7.18. The Morgan fingerprint density at radius 2 is 2.00 bits per heavy atom. The molecule has 0 spiro atoms. The Labute approximate surface area is 173 Å². The van der Waals surface area contributed by atoms with Crippen LogP contribution in [0.1, 0.15) is 49.7 Å². The van der Waals surface area contributed by atoms with Crippen molar-refractivity contribution in [3.05, 3.63) is 63.8 Å². The Kier molecular flexibility index (Phi) is 5.87. The number of benzene rings is 1. The molecular formula is C22H25FN4O3. The molecule has 30 heavy (non-hydrogen) atoms. The molecule has 2 aromatic heterocycles. The molecule has 0 saturated carbocycles. The molecule has 3 rings (SSSR count). The first-order chi connectivity index (χ1) is 14.1. The fraction of sp³-hybridized carbons (Fsp3) is 0.364. The molecule has 1 N–H and O–H groups in total. The van der Waals surface area contributed by atoms with Crippen molar-refractivity contribution >= 4 is 23.0 Å². The van der Waals surface area contributed by atoms with Crippen LogP contribution < -0.4 is 10.9 Å². The van der Waals surface area contributed by atoms with Crippen LogP contribution in [0.5, 0.6) is 0 Å². The highest BCUT2D eigenvalue weighted by Gasteiger charge is 2.17. The quantitative estimate of drug-likeness (QED) is 0.639. The van der Waals surface area contributed by atoms with Crippen LogP contribution in [0.3, 0.4) is 0 Å². The van der Waals surface area contributed by atoms with Crippen molar-refractivity contribution < 1.29 is 13.9 Å². The second-order valence-corrected chi connectivity index (χ2v) is 8.39. The van der Waals surface area contributed by atoms with Crippen LogP contribution in [-0.2, 0) is 11.3 Å². The maximum Gasteiger partial charge on any atom is 0.340 e. The number of carbonyl (C=O) groups is 1. The molecule has 158 valence electrons. The van der Waals surface area contributed by atoms with Gasteiger partial charge >= 0.3 is 5.97 Å². The Bertz CT molecular complexity index is 1150. The van der Waals surface area contributed by atoms with E-state index < -0.39 is 11.8 Å². The molecule has 0 aliphatic heterocycles. The number of esters is 1. The van der Waals surface area contributed by atoms with Crippen molar-refractivity contribution in [1.82, 2.24) is 14.5 Å². The van der Waals surface area contributed by atoms with Crippen molar-refractivity contribution in [2.24, 2.45) is 5.41 Å². The van der Waals surface area contributed by atoms with E-state index in [4.69, 9.17) is 0 Å². The maximum atomic E-state index is 14.3. The van der Waals surface area contributed by atoms with Crippen LogP contribution >= 0.6 is 0 Å². The number of halogens is 1. The van der Waals surface area contributed by atoms with Crippen LogP contribution in [-0.4, -0.2) is 27.6 Å². The first-order valence-corrected chi connectivity index (χ1v) is 9.60. The number of nitrogens with one attached hydrogen (secondary N) is 1. The number of carbonyl (C=O) groups excluding carboxylic acids is 1. The van der Waals surface area contributed by atoms with Gasteiger partial charge in [-0.1, -0.05) is 26.8 Å². The Morgan fingerprint density at radius 3 is 2.63 bits per heavy atom. The molecule has 3 aromatic rings. The molecule has 0 amide bonds. The molecular weight excluding hydrogens is 387 g/mol. The lowest BCUT2D eigenvalue weighted by Crippen LogP contribution is -2.27. The Hall–Kier alpha value is -3.29. The zero-order valence-electron chi connectivity index (χ0n) is 17.7. The number of anilines is 1. The highest BCUT2D eigenvalue weighted by Crippen LogP contribution is 2.22. The van der Waals surface area contributed by atoms with Crippen LogP contribution in [0.4, 0.5) is 10.3 Å². The number of hydrogen-bond donors (Lipinski definition) is 1. The summed E-state index contributed by atoms with van der Waals surface area (Å²) in [6.07, 6.45) is 1.65. The third kappa shape index (κ3) is 4.64. The molecule has 2 heterocycles. The summed E-state index contributed by atoms with van der Waals surface area (Å²) in [4.78, 5) is 32.8. The van der Waals surface area contributed by atoms with Crippen molar-refractivity contribution in [2.45, 2.75) is 40.3 Å². The number of ether oxygens (including phenoxy) is 1. The highest BCUT2D eigenvalue weighted by atomic mass is 19.1. The van der Waals surface area contributed by atoms with E-state index in [1.165, 1.54) is 25.3 Å². The van der Waals surface area contributed by atoms with Gasteiger partial charge in [0.05, 0.1) is 18.7 Å². The molecule has 8 heteroatoms. The van der Waals surface area contributed by atoms with Gasteiger partial charge in [0, 0.05) is 24.2 Å². The number of rotatable bonds is 5. The van der Waals surface area contributed by atoms with Gasteiger partial charge in [0.1, 0.15) is 11.5 Å². The number of aromatic nitrogens is 3. The lowest BCUT2D eigenvalue weighted by atomic mass is 9.97. The average Bonchev–Trinajstić information content (AvgIpc) is 2.68. The van der Waals surface area contributed by atoms with E-state index in [-0.39, 0.29) is 22.6 Å². The van der Waals surface area contributed by atoms with Crippen molar-refractivity contribution in [2.75, 3.05) is 12.4 Å². The summed E-state index contributed by atoms with van der Waals surface area (Å²) in [5.41, 5.74) is 0.790. The zero-order chi connectivity index (χ0) is 22.1. The Balaban J connectivity index is 1.92. The normalized spacial score (nSPS) is 12.6. The molecule has 1 atom stereocenters. The monoisotopic (exact) mass is 412 g/mol. The highest BCUT2D eigenvalue weighted by molar-refractivity contribution is 5.89. The van der Waals surface area contributed by atoms with E-state index in [9.17, 15) is 14.0 Å². The van der Waals surface area contributed by atoms with Gasteiger partial charge < -0.3 is 10.1 Å². The predicted molar refractivity (Wildman–Crippen MR) is 113 cm³/mol. The van der Waals surface area contributed by atoms with Gasteiger partial charge in [0.25, 0.3) is 5.56 Å². The van der Waals surface area contributed by atoms with E-state index >= 15 is 0 Å². The molecule has 0 radical (unpaired) electrons. The lowest BCUT2D eigenvalue weighted by Gasteiger charge is -2.21. The minimum atomic E-state index is -0.727. The predicted octanol–water partition coefficient (Wildman–Crippen LogP) is 3.94. The molecule has 0 saturated heterocycles. The second kappa shape index (κ2) is 8.22. The number of methoxy groups -OCH3 is 1. The minimum Gasteiger partial charge on any atom is -0.465 e. The van der Waals surface area contributed by atoms with E-state index in [1.54, 1.807) is 22.9 Å². The van der Waals surface area contributed by atoms with E-state index in [1.807, 2.05) is 27.7 Å². The van der Waals surface area contributed by atoms with Crippen LogP contribution in [0.25, 0.3) is 11.0 Å². The minimum absolute atomic E-state index is 0.108. The first-order valence-electron chi connectivity index (χ1n) is 9.60. The van der Waals surface area contributed by atoms with Crippen LogP contribution in [0.2, 0.25) is 0 Å².